The van der Waals surface area contributed by atoms with Crippen molar-refractivity contribution in [2.45, 2.75) is 0 Å². The first kappa shape index (κ1) is 16.7. The molecule has 0 saturated heterocycles. The molecule has 2 heterocycles. The van der Waals surface area contributed by atoms with Gasteiger partial charge in [0.15, 0.2) is 0 Å². The number of para-hydroxylation sites is 1. The van der Waals surface area contributed by atoms with E-state index in [1.165, 1.54) is 0 Å². The van der Waals surface area contributed by atoms with Crippen molar-refractivity contribution in [1.82, 2.24) is 14.9 Å². The molecule has 0 amide bonds. The zero-order chi connectivity index (χ0) is 17.4. The maximum absolute atomic E-state index is 9.55. The van der Waals surface area contributed by atoms with Crippen LogP contribution < -0.4 is 5.43 Å². The van der Waals surface area contributed by atoms with E-state index in [0.29, 0.717) is 12.2 Å². The Kier molecular flexibility index (Phi) is 5.62. The van der Waals surface area contributed by atoms with Crippen LogP contribution in [0.25, 0.3) is 10.9 Å². The Morgan fingerprint density at radius 3 is 2.25 bits per heavy atom. The monoisotopic (exact) mass is 326 g/mol. The Labute approximate surface area is 136 Å². The fraction of sp³-hybridized carbons (Fsp3) is 0. The average molecular weight is 326 g/mol. The minimum Gasteiger partial charge on any atom is -0.478 e. The molecular formula is C16H14N4O4. The molecule has 0 radical (unpaired) electrons. The molecule has 0 unspecified atom stereocenters. The molecule has 122 valence electrons. The lowest BCUT2D eigenvalue weighted by Gasteiger charge is -2.06. The van der Waals surface area contributed by atoms with E-state index in [2.05, 4.69) is 15.5 Å². The van der Waals surface area contributed by atoms with Crippen LogP contribution in [0.15, 0.2) is 67.1 Å². The number of carboxylic acids is 2. The number of rotatable bonds is 4. The van der Waals surface area contributed by atoms with Gasteiger partial charge in [-0.25, -0.2) is 9.59 Å². The molecule has 2 aromatic heterocycles. The van der Waals surface area contributed by atoms with Gasteiger partial charge in [0, 0.05) is 29.9 Å². The smallest absolute Gasteiger partial charge is 0.328 e. The van der Waals surface area contributed by atoms with Crippen LogP contribution in [0.1, 0.15) is 0 Å². The molecule has 8 nitrogen and oxygen atoms in total. The summed E-state index contributed by atoms with van der Waals surface area (Å²) >= 11 is 0. The summed E-state index contributed by atoms with van der Waals surface area (Å²) in [5, 5.41) is 21.0. The Morgan fingerprint density at radius 1 is 1.00 bits per heavy atom. The van der Waals surface area contributed by atoms with Crippen LogP contribution in [-0.4, -0.2) is 37.0 Å². The van der Waals surface area contributed by atoms with E-state index < -0.39 is 11.9 Å². The summed E-state index contributed by atoms with van der Waals surface area (Å²) in [6, 6.07) is 11.9. The summed E-state index contributed by atoms with van der Waals surface area (Å²) in [6.45, 7) is 0. The average Bonchev–Trinajstić information content (AvgIpc) is 2.98. The number of fused-ring (bicyclic) bond motifs is 1. The molecular weight excluding hydrogens is 312 g/mol. The van der Waals surface area contributed by atoms with Crippen molar-refractivity contribution in [2.75, 3.05) is 5.43 Å². The van der Waals surface area contributed by atoms with Crippen LogP contribution in [0.2, 0.25) is 0 Å². The Hall–Kier alpha value is -3.68. The highest BCUT2D eigenvalue weighted by atomic mass is 16.4. The van der Waals surface area contributed by atoms with Crippen molar-refractivity contribution in [3.8, 4) is 0 Å². The van der Waals surface area contributed by atoms with E-state index >= 15 is 0 Å². The summed E-state index contributed by atoms with van der Waals surface area (Å²) in [5.41, 5.74) is 5.21. The van der Waals surface area contributed by atoms with Crippen molar-refractivity contribution in [2.24, 2.45) is 0 Å². The first-order valence-corrected chi connectivity index (χ1v) is 6.80. The molecule has 24 heavy (non-hydrogen) atoms. The van der Waals surface area contributed by atoms with E-state index in [4.69, 9.17) is 10.2 Å². The number of hydrogen-bond acceptors (Lipinski definition) is 5. The predicted octanol–water partition coefficient (Wildman–Crippen LogP) is 2.02. The number of carbonyl (C=O) groups is 2. The van der Waals surface area contributed by atoms with Crippen LogP contribution in [0.4, 0.5) is 5.69 Å². The van der Waals surface area contributed by atoms with Crippen molar-refractivity contribution in [3.63, 3.8) is 0 Å². The number of benzene rings is 1. The van der Waals surface area contributed by atoms with E-state index in [9.17, 15) is 9.59 Å². The number of aliphatic carboxylic acids is 2. The normalized spacial score (nSPS) is 10.2. The Bertz CT molecular complexity index is 843. The number of nitrogens with one attached hydrogen (secondary N) is 1. The zero-order valence-electron chi connectivity index (χ0n) is 12.4. The highest BCUT2D eigenvalue weighted by Crippen LogP contribution is 2.13. The Balaban J connectivity index is 0.000000224. The predicted molar refractivity (Wildman–Crippen MR) is 87.4 cm³/mol. The fourth-order valence-corrected chi connectivity index (χ4v) is 1.75. The second-order valence-electron chi connectivity index (χ2n) is 4.47. The number of aromatic nitrogens is 3. The molecule has 3 rings (SSSR count). The summed E-state index contributed by atoms with van der Waals surface area (Å²) in [5.74, 6) is -2.51. The van der Waals surface area contributed by atoms with Crippen LogP contribution in [0.3, 0.4) is 0 Å². The topological polar surface area (TPSA) is 117 Å². The van der Waals surface area contributed by atoms with Gasteiger partial charge in [-0.15, -0.1) is 0 Å². The molecule has 0 aliphatic heterocycles. The number of hydrogen-bond donors (Lipinski definition) is 3. The fourth-order valence-electron chi connectivity index (χ4n) is 1.75. The number of pyridine rings is 1. The SMILES string of the molecule is O=C(O)/C=C/C(=O)O.c1ccc2c(c1)cnn2Nc1ccncc1. The summed E-state index contributed by atoms with van der Waals surface area (Å²) in [4.78, 5) is 24.8. The van der Waals surface area contributed by atoms with Gasteiger partial charge in [-0.3, -0.25) is 10.4 Å². The van der Waals surface area contributed by atoms with Gasteiger partial charge in [0.05, 0.1) is 17.4 Å². The van der Waals surface area contributed by atoms with Gasteiger partial charge >= 0.3 is 11.9 Å². The van der Waals surface area contributed by atoms with Crippen molar-refractivity contribution < 1.29 is 19.8 Å². The van der Waals surface area contributed by atoms with Gasteiger partial charge in [-0.2, -0.15) is 9.89 Å². The molecule has 8 heteroatoms. The highest BCUT2D eigenvalue weighted by Gasteiger charge is 2.00. The standard InChI is InChI=1S/C12H10N4.C4H4O4/c1-2-4-12-10(3-1)9-14-16(12)15-11-5-7-13-8-6-11;5-3(6)1-2-4(7)8/h1-9H,(H,13,15);1-2H,(H,5,6)(H,7,8)/b;2-1+. The van der Waals surface area contributed by atoms with Gasteiger partial charge in [0.25, 0.3) is 0 Å². The van der Waals surface area contributed by atoms with Crippen LogP contribution in [-0.2, 0) is 9.59 Å². The third-order valence-corrected chi connectivity index (χ3v) is 2.76. The molecule has 3 N–H and O–H groups in total. The third-order valence-electron chi connectivity index (χ3n) is 2.76. The van der Waals surface area contributed by atoms with Crippen molar-refractivity contribution in [3.05, 3.63) is 67.1 Å². The second-order valence-corrected chi connectivity index (χ2v) is 4.47. The molecule has 0 atom stereocenters. The van der Waals surface area contributed by atoms with E-state index in [1.54, 1.807) is 17.2 Å². The third kappa shape index (κ3) is 4.95. The van der Waals surface area contributed by atoms with E-state index in [1.807, 2.05) is 42.6 Å². The zero-order valence-corrected chi connectivity index (χ0v) is 12.4. The molecule has 3 aromatic rings. The number of carboxylic acid groups (broad SMARTS) is 2. The number of nitrogens with zero attached hydrogens (tertiary/aromatic N) is 3. The molecule has 1 aromatic carbocycles. The summed E-state index contributed by atoms with van der Waals surface area (Å²) in [6.07, 6.45) is 6.44. The quantitative estimate of drug-likeness (QED) is 0.628. The summed E-state index contributed by atoms with van der Waals surface area (Å²) < 4.78 is 0. The molecule has 0 aliphatic rings. The van der Waals surface area contributed by atoms with Crippen LogP contribution in [0.5, 0.6) is 0 Å². The highest BCUT2D eigenvalue weighted by molar-refractivity contribution is 5.89. The van der Waals surface area contributed by atoms with Gasteiger partial charge in [-0.05, 0) is 18.2 Å². The maximum atomic E-state index is 9.55. The maximum Gasteiger partial charge on any atom is 0.328 e. The molecule has 0 fully saturated rings. The first-order valence-electron chi connectivity index (χ1n) is 6.80. The van der Waals surface area contributed by atoms with Gasteiger partial charge < -0.3 is 10.2 Å². The van der Waals surface area contributed by atoms with Gasteiger partial charge in [-0.1, -0.05) is 18.2 Å². The molecule has 0 aliphatic carbocycles. The lowest BCUT2D eigenvalue weighted by Crippen LogP contribution is -2.10. The van der Waals surface area contributed by atoms with Crippen molar-refractivity contribution in [1.29, 1.82) is 0 Å². The molecule has 0 spiro atoms. The first-order chi connectivity index (χ1) is 11.6. The molecule has 0 saturated carbocycles. The van der Waals surface area contributed by atoms with Crippen LogP contribution >= 0.6 is 0 Å². The van der Waals surface area contributed by atoms with Crippen LogP contribution in [0, 0.1) is 0 Å². The summed E-state index contributed by atoms with van der Waals surface area (Å²) in [7, 11) is 0. The number of anilines is 1. The van der Waals surface area contributed by atoms with E-state index in [0.717, 1.165) is 16.6 Å². The largest absolute Gasteiger partial charge is 0.478 e. The molecule has 0 bridgehead atoms. The van der Waals surface area contributed by atoms with Gasteiger partial charge in [0.2, 0.25) is 0 Å². The second kappa shape index (κ2) is 8.08. The van der Waals surface area contributed by atoms with E-state index in [-0.39, 0.29) is 0 Å². The Morgan fingerprint density at radius 2 is 1.62 bits per heavy atom. The lowest BCUT2D eigenvalue weighted by atomic mass is 10.3. The van der Waals surface area contributed by atoms with Crippen molar-refractivity contribution >= 4 is 28.5 Å². The minimum atomic E-state index is -1.26. The lowest BCUT2D eigenvalue weighted by molar-refractivity contribution is -0.134. The van der Waals surface area contributed by atoms with Gasteiger partial charge in [0.1, 0.15) is 0 Å². The minimum absolute atomic E-state index is 0.558.